The number of morpholine rings is 1. The number of pyridine rings is 1. The third-order valence-corrected chi connectivity index (χ3v) is 4.69. The van der Waals surface area contributed by atoms with Crippen molar-refractivity contribution >= 4 is 17.0 Å². The molecule has 7 heteroatoms. The fourth-order valence-electron chi connectivity index (χ4n) is 3.46. The summed E-state index contributed by atoms with van der Waals surface area (Å²) in [6.07, 6.45) is 0.0202. The van der Waals surface area contributed by atoms with Gasteiger partial charge in [0.1, 0.15) is 11.5 Å². The summed E-state index contributed by atoms with van der Waals surface area (Å²) >= 11 is 0. The van der Waals surface area contributed by atoms with Crippen molar-refractivity contribution in [2.24, 2.45) is 0 Å². The summed E-state index contributed by atoms with van der Waals surface area (Å²) in [6.45, 7) is 9.22. The first kappa shape index (κ1) is 16.8. The first-order valence-electron chi connectivity index (χ1n) is 8.69. The second-order valence-electron chi connectivity index (χ2n) is 6.76. The molecule has 0 radical (unpaired) electrons. The van der Waals surface area contributed by atoms with E-state index in [1.54, 1.807) is 0 Å². The van der Waals surface area contributed by atoms with E-state index in [4.69, 9.17) is 13.7 Å². The van der Waals surface area contributed by atoms with Crippen LogP contribution in [0.3, 0.4) is 0 Å². The Morgan fingerprint density at radius 2 is 2.08 bits per heavy atom. The van der Waals surface area contributed by atoms with Crippen LogP contribution in [-0.4, -0.2) is 46.7 Å². The number of ether oxygens (including phenoxy) is 1. The minimum absolute atomic E-state index is 0.0202. The van der Waals surface area contributed by atoms with Gasteiger partial charge in [0, 0.05) is 18.7 Å². The number of hydrogen-bond acceptors (Lipinski definition) is 6. The maximum absolute atomic E-state index is 13.2. The number of hydrogen-bond donors (Lipinski definition) is 0. The number of nitrogens with zero attached hydrogens (tertiary/aromatic N) is 3. The molecule has 1 saturated heterocycles. The van der Waals surface area contributed by atoms with E-state index >= 15 is 0 Å². The Kier molecular flexibility index (Phi) is 4.03. The Hall–Kier alpha value is -2.67. The number of aromatic nitrogens is 2. The van der Waals surface area contributed by atoms with Crippen molar-refractivity contribution in [3.63, 3.8) is 0 Å². The zero-order valence-corrected chi connectivity index (χ0v) is 15.3. The molecule has 4 heterocycles. The van der Waals surface area contributed by atoms with Crippen molar-refractivity contribution < 1.29 is 18.5 Å². The van der Waals surface area contributed by atoms with E-state index in [1.165, 1.54) is 0 Å². The standard InChI is InChI=1S/C19H21N3O4/c1-10-7-14(13(4)25-10)16-8-15(17-12(3)21-26-18(17)20-16)19(23)22-5-6-24-11(2)9-22/h7-8,11H,5-6,9H2,1-4H3. The van der Waals surface area contributed by atoms with Crippen LogP contribution in [-0.2, 0) is 4.74 Å². The fourth-order valence-corrected chi connectivity index (χ4v) is 3.46. The van der Waals surface area contributed by atoms with Crippen molar-refractivity contribution in [1.29, 1.82) is 0 Å². The summed E-state index contributed by atoms with van der Waals surface area (Å²) in [7, 11) is 0. The third-order valence-electron chi connectivity index (χ3n) is 4.69. The van der Waals surface area contributed by atoms with Crippen LogP contribution < -0.4 is 0 Å². The Labute approximate surface area is 150 Å². The smallest absolute Gasteiger partial charge is 0.259 e. The average Bonchev–Trinajstić information content (AvgIpc) is 3.15. The first-order chi connectivity index (χ1) is 12.4. The summed E-state index contributed by atoms with van der Waals surface area (Å²) in [5.74, 6) is 1.49. The summed E-state index contributed by atoms with van der Waals surface area (Å²) in [4.78, 5) is 19.6. The van der Waals surface area contributed by atoms with Gasteiger partial charge in [-0.2, -0.15) is 0 Å². The van der Waals surface area contributed by atoms with Gasteiger partial charge in [0.05, 0.1) is 35.0 Å². The van der Waals surface area contributed by atoms with Crippen LogP contribution in [0.5, 0.6) is 0 Å². The number of carbonyl (C=O) groups is 1. The molecule has 136 valence electrons. The summed E-state index contributed by atoms with van der Waals surface area (Å²) < 4.78 is 16.5. The molecule has 7 nitrogen and oxygen atoms in total. The molecule has 3 aromatic heterocycles. The number of rotatable bonds is 2. The number of aryl methyl sites for hydroxylation is 3. The molecule has 0 N–H and O–H groups in total. The number of carbonyl (C=O) groups excluding carboxylic acids is 1. The van der Waals surface area contributed by atoms with Crippen molar-refractivity contribution in [2.45, 2.75) is 33.8 Å². The largest absolute Gasteiger partial charge is 0.466 e. The van der Waals surface area contributed by atoms with Crippen LogP contribution in [0.2, 0.25) is 0 Å². The lowest BCUT2D eigenvalue weighted by Gasteiger charge is -2.31. The maximum Gasteiger partial charge on any atom is 0.259 e. The number of fused-ring (bicyclic) bond motifs is 1. The molecule has 0 saturated carbocycles. The average molecular weight is 355 g/mol. The fraction of sp³-hybridized carbons (Fsp3) is 0.421. The van der Waals surface area contributed by atoms with Crippen LogP contribution in [0.1, 0.15) is 34.5 Å². The lowest BCUT2D eigenvalue weighted by atomic mass is 10.0. The number of amides is 1. The summed E-state index contributed by atoms with van der Waals surface area (Å²) in [5.41, 5.74) is 3.07. The topological polar surface area (TPSA) is 81.6 Å². The molecule has 1 aliphatic rings. The first-order valence-corrected chi connectivity index (χ1v) is 8.69. The van der Waals surface area contributed by atoms with E-state index in [-0.39, 0.29) is 12.0 Å². The maximum atomic E-state index is 13.2. The highest BCUT2D eigenvalue weighted by Gasteiger charge is 2.27. The molecule has 0 spiro atoms. The monoisotopic (exact) mass is 355 g/mol. The SMILES string of the molecule is Cc1cc(-c2cc(C(=O)N3CCOC(C)C3)c3c(C)noc3n2)c(C)o1. The van der Waals surface area contributed by atoms with Gasteiger partial charge in [-0.05, 0) is 39.8 Å². The van der Waals surface area contributed by atoms with Gasteiger partial charge in [-0.1, -0.05) is 5.16 Å². The van der Waals surface area contributed by atoms with E-state index in [0.717, 1.165) is 17.1 Å². The molecule has 3 aromatic rings. The third kappa shape index (κ3) is 2.78. The molecule has 0 bridgehead atoms. The van der Waals surface area contributed by atoms with Crippen LogP contribution in [0.25, 0.3) is 22.4 Å². The van der Waals surface area contributed by atoms with Gasteiger partial charge in [0.15, 0.2) is 0 Å². The van der Waals surface area contributed by atoms with Gasteiger partial charge in [-0.15, -0.1) is 0 Å². The molecular formula is C19H21N3O4. The van der Waals surface area contributed by atoms with E-state index in [1.807, 2.05) is 44.7 Å². The molecule has 1 fully saturated rings. The molecular weight excluding hydrogens is 334 g/mol. The minimum Gasteiger partial charge on any atom is -0.466 e. The molecule has 0 aromatic carbocycles. The second-order valence-corrected chi connectivity index (χ2v) is 6.76. The Morgan fingerprint density at radius 1 is 1.27 bits per heavy atom. The Bertz CT molecular complexity index is 988. The Morgan fingerprint density at radius 3 is 2.77 bits per heavy atom. The zero-order valence-electron chi connectivity index (χ0n) is 15.3. The normalized spacial score (nSPS) is 17.8. The zero-order chi connectivity index (χ0) is 18.4. The van der Waals surface area contributed by atoms with Crippen LogP contribution in [0.4, 0.5) is 0 Å². The molecule has 1 atom stereocenters. The quantitative estimate of drug-likeness (QED) is 0.702. The molecule has 4 rings (SSSR count). The summed E-state index contributed by atoms with van der Waals surface area (Å²) in [6, 6.07) is 3.73. The Balaban J connectivity index is 1.85. The van der Waals surface area contributed by atoms with Gasteiger partial charge >= 0.3 is 0 Å². The molecule has 26 heavy (non-hydrogen) atoms. The molecule has 0 aliphatic carbocycles. The lowest BCUT2D eigenvalue weighted by Crippen LogP contribution is -2.44. The minimum atomic E-state index is -0.0574. The van der Waals surface area contributed by atoms with Gasteiger partial charge in [0.2, 0.25) is 0 Å². The number of furan rings is 1. The van der Waals surface area contributed by atoms with Gasteiger partial charge in [-0.25, -0.2) is 4.98 Å². The van der Waals surface area contributed by atoms with Crippen LogP contribution in [0.15, 0.2) is 21.1 Å². The van der Waals surface area contributed by atoms with Crippen molar-refractivity contribution in [3.8, 4) is 11.3 Å². The van der Waals surface area contributed by atoms with E-state index in [0.29, 0.717) is 47.7 Å². The van der Waals surface area contributed by atoms with Crippen LogP contribution >= 0.6 is 0 Å². The highest BCUT2D eigenvalue weighted by Crippen LogP contribution is 2.31. The predicted octanol–water partition coefficient (Wildman–Crippen LogP) is 3.27. The van der Waals surface area contributed by atoms with Crippen molar-refractivity contribution in [3.05, 3.63) is 34.9 Å². The van der Waals surface area contributed by atoms with E-state index in [2.05, 4.69) is 10.1 Å². The van der Waals surface area contributed by atoms with Crippen LogP contribution in [0, 0.1) is 20.8 Å². The molecule has 1 aliphatic heterocycles. The van der Waals surface area contributed by atoms with Crippen molar-refractivity contribution in [1.82, 2.24) is 15.0 Å². The van der Waals surface area contributed by atoms with E-state index < -0.39 is 0 Å². The lowest BCUT2D eigenvalue weighted by molar-refractivity contribution is -0.0123. The van der Waals surface area contributed by atoms with Gasteiger partial charge in [-0.3, -0.25) is 4.79 Å². The van der Waals surface area contributed by atoms with E-state index in [9.17, 15) is 4.79 Å². The highest BCUT2D eigenvalue weighted by molar-refractivity contribution is 6.07. The van der Waals surface area contributed by atoms with Gasteiger partial charge in [0.25, 0.3) is 11.6 Å². The van der Waals surface area contributed by atoms with Gasteiger partial charge < -0.3 is 18.6 Å². The van der Waals surface area contributed by atoms with Crippen molar-refractivity contribution in [2.75, 3.05) is 19.7 Å². The molecule has 1 amide bonds. The molecule has 1 unspecified atom stereocenters. The highest BCUT2D eigenvalue weighted by atomic mass is 16.5. The summed E-state index contributed by atoms with van der Waals surface area (Å²) in [5, 5.41) is 4.67. The second kappa shape index (κ2) is 6.25. The predicted molar refractivity (Wildman–Crippen MR) is 95.0 cm³/mol.